The number of methoxy groups -OCH3 is 2. The first-order valence-corrected chi connectivity index (χ1v) is 9.56. The Morgan fingerprint density at radius 3 is 2.12 bits per heavy atom. The Morgan fingerprint density at radius 2 is 1.58 bits per heavy atom. The smallest absolute Gasteiger partial charge is 0.400 e. The van der Waals surface area contributed by atoms with Crippen LogP contribution in [0.4, 0.5) is 0 Å². The third kappa shape index (κ3) is 2.76. The van der Waals surface area contributed by atoms with Gasteiger partial charge in [0.1, 0.15) is 6.10 Å². The topological polar surface area (TPSA) is 122 Å². The second-order valence-corrected chi connectivity index (χ2v) is 7.72. The van der Waals surface area contributed by atoms with Gasteiger partial charge >= 0.3 is 22.3 Å². The van der Waals surface area contributed by atoms with Crippen molar-refractivity contribution in [2.75, 3.05) is 20.8 Å². The van der Waals surface area contributed by atoms with Gasteiger partial charge in [0.2, 0.25) is 0 Å². The fourth-order valence-corrected chi connectivity index (χ4v) is 5.32. The molecule has 0 heterocycles. The molecule has 0 unspecified atom stereocenters. The van der Waals surface area contributed by atoms with E-state index in [9.17, 15) is 22.8 Å². The summed E-state index contributed by atoms with van der Waals surface area (Å²) in [4.78, 5) is 37.1. The highest BCUT2D eigenvalue weighted by molar-refractivity contribution is 7.81. The summed E-state index contributed by atoms with van der Waals surface area (Å²) < 4.78 is 42.6. The van der Waals surface area contributed by atoms with Gasteiger partial charge in [0, 0.05) is 17.8 Å². The van der Waals surface area contributed by atoms with Crippen molar-refractivity contribution < 1.29 is 40.6 Å². The molecule has 0 saturated heterocycles. The minimum absolute atomic E-state index is 0.126. The summed E-state index contributed by atoms with van der Waals surface area (Å²) >= 11 is 0. The van der Waals surface area contributed by atoms with Gasteiger partial charge in [-0.1, -0.05) is 12.2 Å². The van der Waals surface area contributed by atoms with Crippen LogP contribution in [0.3, 0.4) is 0 Å². The van der Waals surface area contributed by atoms with Crippen LogP contribution in [0.2, 0.25) is 0 Å². The maximum atomic E-state index is 12.5. The molecule has 10 heteroatoms. The van der Waals surface area contributed by atoms with Crippen molar-refractivity contribution in [3.63, 3.8) is 0 Å². The van der Waals surface area contributed by atoms with E-state index < -0.39 is 69.7 Å². The average Bonchev–Trinajstić information content (AvgIpc) is 2.63. The molecule has 2 bridgehead atoms. The summed E-state index contributed by atoms with van der Waals surface area (Å²) in [6, 6.07) is 0. The number of hydrogen-bond acceptors (Lipinski definition) is 9. The van der Waals surface area contributed by atoms with Crippen LogP contribution in [0.15, 0.2) is 12.2 Å². The Labute approximate surface area is 150 Å². The molecular formula is C16H20O9S. The molecule has 2 fully saturated rings. The number of ether oxygens (including phenoxy) is 2. The first kappa shape index (κ1) is 19.0. The Balaban J connectivity index is 1.93. The normalized spacial score (nSPS) is 37.7. The molecule has 144 valence electrons. The summed E-state index contributed by atoms with van der Waals surface area (Å²) in [5.41, 5.74) is 0. The first-order chi connectivity index (χ1) is 12.3. The number of ketones is 1. The molecule has 0 amide bonds. The molecule has 4 rings (SSSR count). The van der Waals surface area contributed by atoms with E-state index >= 15 is 0 Å². The Bertz CT molecular complexity index is 756. The number of rotatable bonds is 6. The van der Waals surface area contributed by atoms with Gasteiger partial charge in [-0.05, 0) is 12.8 Å². The monoisotopic (exact) mass is 388 g/mol. The molecule has 0 aromatic carbocycles. The SMILES string of the molecule is CCOS(=O)(=O)O[C@@H]1C(=O)[C@H]2[C@H]3C=C[C@H]([C@H](C(=O)OC)[C@@H]3C(=O)OC)[C@H]21. The maximum absolute atomic E-state index is 12.5. The lowest BCUT2D eigenvalue weighted by atomic mass is 9.45. The largest absolute Gasteiger partial charge is 0.469 e. The van der Waals surface area contributed by atoms with Crippen molar-refractivity contribution in [2.45, 2.75) is 13.0 Å². The van der Waals surface area contributed by atoms with Crippen molar-refractivity contribution in [1.82, 2.24) is 0 Å². The van der Waals surface area contributed by atoms with E-state index in [1.54, 1.807) is 12.2 Å². The van der Waals surface area contributed by atoms with Gasteiger partial charge in [-0.15, -0.1) is 0 Å². The summed E-state index contributed by atoms with van der Waals surface area (Å²) in [6.07, 6.45) is 2.21. The van der Waals surface area contributed by atoms with Gasteiger partial charge in [-0.25, -0.2) is 8.37 Å². The number of hydrogen-bond donors (Lipinski definition) is 0. The zero-order valence-electron chi connectivity index (χ0n) is 14.5. The zero-order valence-corrected chi connectivity index (χ0v) is 15.3. The van der Waals surface area contributed by atoms with E-state index in [1.807, 2.05) is 0 Å². The lowest BCUT2D eigenvalue weighted by molar-refractivity contribution is -0.188. The molecule has 4 aliphatic carbocycles. The Morgan fingerprint density at radius 1 is 1.04 bits per heavy atom. The van der Waals surface area contributed by atoms with Crippen molar-refractivity contribution in [1.29, 1.82) is 0 Å². The maximum Gasteiger partial charge on any atom is 0.400 e. The molecule has 0 aromatic heterocycles. The molecular weight excluding hydrogens is 368 g/mol. The molecule has 7 atom stereocenters. The molecule has 4 aliphatic rings. The molecule has 0 aromatic rings. The molecule has 26 heavy (non-hydrogen) atoms. The molecule has 0 radical (unpaired) electrons. The first-order valence-electron chi connectivity index (χ1n) is 8.22. The highest BCUT2D eigenvalue weighted by Crippen LogP contribution is 2.59. The van der Waals surface area contributed by atoms with E-state index in [0.29, 0.717) is 0 Å². The Kier molecular flexibility index (Phi) is 4.93. The van der Waals surface area contributed by atoms with Crippen molar-refractivity contribution in [3.8, 4) is 0 Å². The summed E-state index contributed by atoms with van der Waals surface area (Å²) in [5, 5.41) is 0. The molecule has 0 N–H and O–H groups in total. The second kappa shape index (κ2) is 6.75. The predicted octanol–water partition coefficient (Wildman–Crippen LogP) is -0.138. The lowest BCUT2D eigenvalue weighted by Crippen LogP contribution is -2.68. The number of Topliss-reactive ketones (excluding diaryl/α,β-unsaturated/α-hetero) is 1. The van der Waals surface area contributed by atoms with Crippen LogP contribution in [0.25, 0.3) is 0 Å². The Hall–Kier alpha value is -1.78. The van der Waals surface area contributed by atoms with Crippen LogP contribution in [0, 0.1) is 35.5 Å². The molecule has 0 spiro atoms. The van der Waals surface area contributed by atoms with Crippen LogP contribution in [-0.4, -0.2) is 53.1 Å². The number of carbonyl (C=O) groups excluding carboxylic acids is 3. The predicted molar refractivity (Wildman–Crippen MR) is 84.5 cm³/mol. The quantitative estimate of drug-likeness (QED) is 0.452. The van der Waals surface area contributed by atoms with E-state index in [2.05, 4.69) is 4.18 Å². The minimum Gasteiger partial charge on any atom is -0.469 e. The average molecular weight is 388 g/mol. The minimum atomic E-state index is -4.32. The van der Waals surface area contributed by atoms with Crippen molar-refractivity contribution in [2.24, 2.45) is 35.5 Å². The standard InChI is InChI=1S/C16H20O9S/c1-4-24-26(20,21)25-14-10-8-6-5-7(9(10)13(14)17)11(15(18)22-2)12(8)16(19)23-3/h5-12,14H,4H2,1-3H3/t7-,8+,9+,10-,11-,12+,14+/m1/s1. The van der Waals surface area contributed by atoms with Crippen LogP contribution in [0.1, 0.15) is 6.92 Å². The van der Waals surface area contributed by atoms with Gasteiger partial charge in [0.15, 0.2) is 5.78 Å². The third-order valence-corrected chi connectivity index (χ3v) is 6.40. The lowest BCUT2D eigenvalue weighted by Gasteiger charge is -2.58. The van der Waals surface area contributed by atoms with Crippen molar-refractivity contribution >= 4 is 28.1 Å². The second-order valence-electron chi connectivity index (χ2n) is 6.47. The van der Waals surface area contributed by atoms with E-state index in [4.69, 9.17) is 13.7 Å². The fraction of sp³-hybridized carbons (Fsp3) is 0.688. The number of allylic oxidation sites excluding steroid dienone is 2. The number of esters is 2. The number of fused-ring (bicyclic) bond motifs is 1. The zero-order chi connectivity index (χ0) is 19.2. The highest BCUT2D eigenvalue weighted by Gasteiger charge is 2.68. The summed E-state index contributed by atoms with van der Waals surface area (Å²) in [7, 11) is -1.90. The van der Waals surface area contributed by atoms with Crippen molar-refractivity contribution in [3.05, 3.63) is 12.2 Å². The molecule has 2 saturated carbocycles. The summed E-state index contributed by atoms with van der Waals surface area (Å²) in [5.74, 6) is -5.62. The van der Waals surface area contributed by atoms with Gasteiger partial charge < -0.3 is 9.47 Å². The van der Waals surface area contributed by atoms with Gasteiger partial charge in [-0.3, -0.25) is 14.4 Å². The van der Waals surface area contributed by atoms with Crippen LogP contribution in [-0.2, 0) is 42.6 Å². The van der Waals surface area contributed by atoms with E-state index in [1.165, 1.54) is 21.1 Å². The number of carbonyl (C=O) groups is 3. The van der Waals surface area contributed by atoms with Gasteiger partial charge in [0.05, 0.1) is 32.7 Å². The van der Waals surface area contributed by atoms with Crippen LogP contribution in [0.5, 0.6) is 0 Å². The molecule has 9 nitrogen and oxygen atoms in total. The fourth-order valence-electron chi connectivity index (χ4n) is 4.50. The van der Waals surface area contributed by atoms with E-state index in [0.717, 1.165) is 0 Å². The molecule has 0 aliphatic heterocycles. The van der Waals surface area contributed by atoms with Gasteiger partial charge in [-0.2, -0.15) is 8.42 Å². The summed E-state index contributed by atoms with van der Waals surface area (Å²) in [6.45, 7) is 1.35. The van der Waals surface area contributed by atoms with Crippen LogP contribution >= 0.6 is 0 Å². The van der Waals surface area contributed by atoms with Gasteiger partial charge in [0.25, 0.3) is 0 Å². The third-order valence-electron chi connectivity index (χ3n) is 5.43. The van der Waals surface area contributed by atoms with Crippen LogP contribution < -0.4 is 0 Å². The van der Waals surface area contributed by atoms with E-state index in [-0.39, 0.29) is 6.61 Å². The highest BCUT2D eigenvalue weighted by atomic mass is 32.3.